The smallest absolute Gasteiger partial charge is 0.122 e. The highest BCUT2D eigenvalue weighted by Crippen LogP contribution is 2.23. The SMILES string of the molecule is COc1cc(N)cc(NC(C)Cc2ccsc2)c1. The van der Waals surface area contributed by atoms with Crippen molar-refractivity contribution in [3.63, 3.8) is 0 Å². The van der Waals surface area contributed by atoms with E-state index in [4.69, 9.17) is 10.5 Å². The van der Waals surface area contributed by atoms with Crippen molar-refractivity contribution in [3.05, 3.63) is 40.6 Å². The van der Waals surface area contributed by atoms with Gasteiger partial charge in [0.2, 0.25) is 0 Å². The van der Waals surface area contributed by atoms with E-state index in [9.17, 15) is 0 Å². The highest BCUT2D eigenvalue weighted by atomic mass is 32.1. The molecule has 0 aliphatic carbocycles. The summed E-state index contributed by atoms with van der Waals surface area (Å²) in [6, 6.07) is 8.20. The first-order chi connectivity index (χ1) is 8.67. The summed E-state index contributed by atoms with van der Waals surface area (Å²) in [5.74, 6) is 0.778. The summed E-state index contributed by atoms with van der Waals surface area (Å²) in [4.78, 5) is 0. The summed E-state index contributed by atoms with van der Waals surface area (Å²) >= 11 is 1.73. The van der Waals surface area contributed by atoms with E-state index in [0.717, 1.165) is 17.9 Å². The largest absolute Gasteiger partial charge is 0.497 e. The maximum atomic E-state index is 5.83. The molecule has 0 radical (unpaired) electrons. The van der Waals surface area contributed by atoms with Crippen molar-refractivity contribution in [1.82, 2.24) is 0 Å². The van der Waals surface area contributed by atoms with Gasteiger partial charge < -0.3 is 15.8 Å². The number of ether oxygens (including phenoxy) is 1. The number of nitrogens with one attached hydrogen (secondary N) is 1. The molecule has 1 aromatic heterocycles. The highest BCUT2D eigenvalue weighted by Gasteiger charge is 2.05. The van der Waals surface area contributed by atoms with Crippen LogP contribution in [0.3, 0.4) is 0 Å². The second-order valence-electron chi connectivity index (χ2n) is 4.38. The molecule has 4 heteroatoms. The van der Waals surface area contributed by atoms with Gasteiger partial charge in [-0.15, -0.1) is 0 Å². The normalized spacial score (nSPS) is 12.1. The number of rotatable bonds is 5. The van der Waals surface area contributed by atoms with Gasteiger partial charge in [0.05, 0.1) is 7.11 Å². The molecule has 0 spiro atoms. The number of hydrogen-bond donors (Lipinski definition) is 2. The van der Waals surface area contributed by atoms with Gasteiger partial charge in [-0.25, -0.2) is 0 Å². The molecule has 18 heavy (non-hydrogen) atoms. The number of thiophene rings is 1. The number of nitrogens with two attached hydrogens (primary N) is 1. The topological polar surface area (TPSA) is 47.3 Å². The average molecular weight is 262 g/mol. The number of hydrogen-bond acceptors (Lipinski definition) is 4. The average Bonchev–Trinajstić information content (AvgIpc) is 2.80. The molecule has 3 nitrogen and oxygen atoms in total. The van der Waals surface area contributed by atoms with Gasteiger partial charge in [0, 0.05) is 29.5 Å². The van der Waals surface area contributed by atoms with Crippen LogP contribution in [-0.4, -0.2) is 13.2 Å². The Labute approximate surface area is 112 Å². The van der Waals surface area contributed by atoms with Gasteiger partial charge in [0.1, 0.15) is 5.75 Å². The lowest BCUT2D eigenvalue weighted by Gasteiger charge is -2.16. The van der Waals surface area contributed by atoms with E-state index in [1.807, 2.05) is 18.2 Å². The Morgan fingerprint density at radius 2 is 2.22 bits per heavy atom. The van der Waals surface area contributed by atoms with E-state index in [0.29, 0.717) is 11.7 Å². The third-order valence-electron chi connectivity index (χ3n) is 2.70. The molecule has 0 aliphatic heterocycles. The maximum Gasteiger partial charge on any atom is 0.122 e. The van der Waals surface area contributed by atoms with Crippen molar-refractivity contribution in [1.29, 1.82) is 0 Å². The molecule has 1 unspecified atom stereocenters. The maximum absolute atomic E-state index is 5.83. The summed E-state index contributed by atoms with van der Waals surface area (Å²) in [5, 5.41) is 7.72. The van der Waals surface area contributed by atoms with Crippen LogP contribution in [0.1, 0.15) is 12.5 Å². The predicted octanol–water partition coefficient (Wildman–Crippen LogP) is 3.38. The third kappa shape index (κ3) is 3.40. The van der Waals surface area contributed by atoms with E-state index in [1.54, 1.807) is 18.4 Å². The van der Waals surface area contributed by atoms with Crippen molar-refractivity contribution >= 4 is 22.7 Å². The van der Waals surface area contributed by atoms with Crippen LogP contribution in [0.4, 0.5) is 11.4 Å². The minimum atomic E-state index is 0.353. The second-order valence-corrected chi connectivity index (χ2v) is 5.16. The second kappa shape index (κ2) is 5.78. The molecule has 1 atom stereocenters. The molecule has 96 valence electrons. The fourth-order valence-corrected chi connectivity index (χ4v) is 2.60. The van der Waals surface area contributed by atoms with Crippen LogP contribution in [0.15, 0.2) is 35.0 Å². The van der Waals surface area contributed by atoms with Crippen LogP contribution in [0.5, 0.6) is 5.75 Å². The zero-order valence-electron chi connectivity index (χ0n) is 10.6. The van der Waals surface area contributed by atoms with E-state index < -0.39 is 0 Å². The molecule has 0 bridgehead atoms. The minimum absolute atomic E-state index is 0.353. The van der Waals surface area contributed by atoms with Gasteiger partial charge in [0.25, 0.3) is 0 Å². The Morgan fingerprint density at radius 1 is 1.39 bits per heavy atom. The van der Waals surface area contributed by atoms with Crippen LogP contribution < -0.4 is 15.8 Å². The van der Waals surface area contributed by atoms with Crippen LogP contribution in [0.25, 0.3) is 0 Å². The summed E-state index contributed by atoms with van der Waals surface area (Å²) in [6.07, 6.45) is 1.00. The Hall–Kier alpha value is -1.68. The monoisotopic (exact) mass is 262 g/mol. The van der Waals surface area contributed by atoms with Crippen LogP contribution in [0, 0.1) is 0 Å². The summed E-state index contributed by atoms with van der Waals surface area (Å²) in [5.41, 5.74) is 8.89. The molecule has 0 fully saturated rings. The molecule has 2 rings (SSSR count). The van der Waals surface area contributed by atoms with Gasteiger partial charge in [-0.05, 0) is 41.8 Å². The molecule has 0 amide bonds. The summed E-state index contributed by atoms with van der Waals surface area (Å²) in [6.45, 7) is 2.16. The standard InChI is InChI=1S/C14H18N2OS/c1-10(5-11-3-4-18-9-11)16-13-6-12(15)7-14(8-13)17-2/h3-4,6-10,16H,5,15H2,1-2H3. The van der Waals surface area contributed by atoms with Crippen LogP contribution in [-0.2, 0) is 6.42 Å². The minimum Gasteiger partial charge on any atom is -0.497 e. The summed E-state index contributed by atoms with van der Waals surface area (Å²) < 4.78 is 5.20. The lowest BCUT2D eigenvalue weighted by Crippen LogP contribution is -2.17. The summed E-state index contributed by atoms with van der Waals surface area (Å²) in [7, 11) is 1.65. The van der Waals surface area contributed by atoms with Crippen LogP contribution >= 0.6 is 11.3 Å². The number of benzene rings is 1. The molecule has 0 saturated carbocycles. The van der Waals surface area contributed by atoms with Crippen LogP contribution in [0.2, 0.25) is 0 Å². The fraction of sp³-hybridized carbons (Fsp3) is 0.286. The number of methoxy groups -OCH3 is 1. The lowest BCUT2D eigenvalue weighted by molar-refractivity contribution is 0.415. The van der Waals surface area contributed by atoms with Crippen molar-refractivity contribution in [2.75, 3.05) is 18.2 Å². The zero-order chi connectivity index (χ0) is 13.0. The Morgan fingerprint density at radius 3 is 2.89 bits per heavy atom. The fourth-order valence-electron chi connectivity index (χ4n) is 1.92. The molecule has 2 aromatic rings. The van der Waals surface area contributed by atoms with Crippen molar-refractivity contribution in [3.8, 4) is 5.75 Å². The Kier molecular flexibility index (Phi) is 4.10. The van der Waals surface area contributed by atoms with Crippen molar-refractivity contribution in [2.45, 2.75) is 19.4 Å². The quantitative estimate of drug-likeness (QED) is 0.812. The van der Waals surface area contributed by atoms with E-state index >= 15 is 0 Å². The molecular weight excluding hydrogens is 244 g/mol. The Bertz CT molecular complexity index is 497. The van der Waals surface area contributed by atoms with Crippen molar-refractivity contribution in [2.24, 2.45) is 0 Å². The number of anilines is 2. The molecule has 0 aliphatic rings. The van der Waals surface area contributed by atoms with Gasteiger partial charge in [0.15, 0.2) is 0 Å². The predicted molar refractivity (Wildman–Crippen MR) is 78.5 cm³/mol. The molecule has 0 saturated heterocycles. The third-order valence-corrected chi connectivity index (χ3v) is 3.43. The van der Waals surface area contributed by atoms with Gasteiger partial charge in [-0.2, -0.15) is 11.3 Å². The zero-order valence-corrected chi connectivity index (χ0v) is 11.5. The van der Waals surface area contributed by atoms with Crippen molar-refractivity contribution < 1.29 is 4.74 Å². The van der Waals surface area contributed by atoms with E-state index in [-0.39, 0.29) is 0 Å². The highest BCUT2D eigenvalue weighted by molar-refractivity contribution is 7.07. The Balaban J connectivity index is 2.02. The van der Waals surface area contributed by atoms with E-state index in [1.165, 1.54) is 5.56 Å². The molecule has 3 N–H and O–H groups in total. The lowest BCUT2D eigenvalue weighted by atomic mass is 10.1. The molecular formula is C14H18N2OS. The van der Waals surface area contributed by atoms with E-state index in [2.05, 4.69) is 29.1 Å². The van der Waals surface area contributed by atoms with Gasteiger partial charge in [-0.3, -0.25) is 0 Å². The number of nitrogen functional groups attached to an aromatic ring is 1. The first-order valence-corrected chi connectivity index (χ1v) is 6.84. The molecule has 1 heterocycles. The van der Waals surface area contributed by atoms with Gasteiger partial charge >= 0.3 is 0 Å². The first kappa shape index (κ1) is 12.8. The van der Waals surface area contributed by atoms with Gasteiger partial charge in [-0.1, -0.05) is 0 Å². The first-order valence-electron chi connectivity index (χ1n) is 5.89. The molecule has 1 aromatic carbocycles.